The molecular formula is C17H24N3O3Rb. The topological polar surface area (TPSA) is 82.3 Å². The fraction of sp³-hybridized carbons (Fsp3) is 0.471. The van der Waals surface area contributed by atoms with E-state index in [1.165, 1.54) is 4.57 Å². The fourth-order valence-corrected chi connectivity index (χ4v) is 2.47. The fourth-order valence-electron chi connectivity index (χ4n) is 2.47. The number of piperidine rings is 1. The number of imidazole rings is 1. The number of fused-ring (bicyclic) bond motifs is 1. The number of benzene rings is 1. The monoisotopic (exact) mass is 403 g/mol. The van der Waals surface area contributed by atoms with E-state index in [1.807, 2.05) is 46.8 Å². The zero-order valence-corrected chi connectivity index (χ0v) is 20.3. The van der Waals surface area contributed by atoms with Crippen LogP contribution in [-0.4, -0.2) is 16.4 Å². The minimum atomic E-state index is -0.656. The maximum Gasteiger partial charge on any atom is 1.00 e. The number of carbonyl (C=O) groups excluding carboxylic acids is 2. The Morgan fingerprint density at radius 3 is 2.33 bits per heavy atom. The second-order valence-electron chi connectivity index (χ2n) is 4.67. The van der Waals surface area contributed by atoms with Crippen molar-refractivity contribution in [2.45, 2.75) is 53.5 Å². The van der Waals surface area contributed by atoms with Crippen LogP contribution in [0.3, 0.4) is 0 Å². The van der Waals surface area contributed by atoms with Crippen molar-refractivity contribution in [3.63, 3.8) is 0 Å². The molecule has 2 aromatic rings. The summed E-state index contributed by atoms with van der Waals surface area (Å²) < 4.78 is 1.38. The average molecular weight is 404 g/mol. The van der Waals surface area contributed by atoms with Gasteiger partial charge in [-0.05, 0) is 29.9 Å². The van der Waals surface area contributed by atoms with Crippen molar-refractivity contribution in [1.29, 1.82) is 0 Å². The van der Waals surface area contributed by atoms with Crippen LogP contribution in [0.1, 0.15) is 52.1 Å². The van der Waals surface area contributed by atoms with Crippen LogP contribution in [0.25, 0.3) is 11.0 Å². The van der Waals surface area contributed by atoms with Crippen molar-refractivity contribution >= 4 is 22.8 Å². The van der Waals surface area contributed by atoms with Crippen molar-refractivity contribution in [2.24, 2.45) is 0 Å². The molecule has 1 aliphatic rings. The summed E-state index contributed by atoms with van der Waals surface area (Å²) in [5, 5.41) is 2.26. The molecule has 126 valence electrons. The van der Waals surface area contributed by atoms with Gasteiger partial charge in [-0.1, -0.05) is 45.9 Å². The Kier molecular flexibility index (Phi) is 10.9. The molecule has 0 bridgehead atoms. The Labute approximate surface area is 191 Å². The molecule has 1 aromatic heterocycles. The molecule has 0 radical (unpaired) electrons. The van der Waals surface area contributed by atoms with Crippen molar-refractivity contribution < 1.29 is 67.8 Å². The minimum Gasteiger partial charge on any atom is -0.400 e. The van der Waals surface area contributed by atoms with E-state index in [1.54, 1.807) is 6.07 Å². The average Bonchev–Trinajstić information content (AvgIpc) is 2.89. The van der Waals surface area contributed by atoms with Crippen LogP contribution in [0.2, 0.25) is 0 Å². The quantitative estimate of drug-likeness (QED) is 0.638. The van der Waals surface area contributed by atoms with Crippen molar-refractivity contribution in [2.75, 3.05) is 0 Å². The van der Waals surface area contributed by atoms with E-state index in [9.17, 15) is 14.4 Å². The van der Waals surface area contributed by atoms with Gasteiger partial charge in [0.25, 0.3) is 0 Å². The summed E-state index contributed by atoms with van der Waals surface area (Å²) in [6, 6.07) is 4.79. The van der Waals surface area contributed by atoms with E-state index in [-0.39, 0.29) is 70.5 Å². The van der Waals surface area contributed by atoms with Gasteiger partial charge in [0.05, 0.1) is 0 Å². The summed E-state index contributed by atoms with van der Waals surface area (Å²) in [6.07, 6.45) is 0.570. The molecule has 0 spiro atoms. The SMILES string of the molecule is CC.CC.Cc1cccc2c1[n-]c(=O)n2C1CCC(=O)NC1=O.[Rb+]. The summed E-state index contributed by atoms with van der Waals surface area (Å²) in [7, 11) is 0. The molecule has 1 aliphatic heterocycles. The van der Waals surface area contributed by atoms with Crippen molar-refractivity contribution in [3.05, 3.63) is 34.2 Å². The van der Waals surface area contributed by atoms with Crippen LogP contribution in [-0.2, 0) is 9.59 Å². The van der Waals surface area contributed by atoms with Gasteiger partial charge in [-0.15, -0.1) is 0 Å². The number of amides is 2. The number of aromatic nitrogens is 2. The van der Waals surface area contributed by atoms with Crippen LogP contribution in [0.5, 0.6) is 0 Å². The smallest absolute Gasteiger partial charge is 0.400 e. The molecule has 7 heteroatoms. The van der Waals surface area contributed by atoms with Gasteiger partial charge in [0.1, 0.15) is 0 Å². The van der Waals surface area contributed by atoms with E-state index in [2.05, 4.69) is 10.3 Å². The van der Waals surface area contributed by atoms with Crippen molar-refractivity contribution in [3.8, 4) is 0 Å². The molecular weight excluding hydrogens is 380 g/mol. The normalized spacial score (nSPS) is 16.1. The predicted octanol–water partition coefficient (Wildman–Crippen LogP) is -0.699. The van der Waals surface area contributed by atoms with Crippen LogP contribution in [0, 0.1) is 6.92 Å². The molecule has 6 nitrogen and oxygen atoms in total. The number of rotatable bonds is 1. The van der Waals surface area contributed by atoms with Crippen molar-refractivity contribution in [1.82, 2.24) is 14.9 Å². The van der Waals surface area contributed by atoms with Gasteiger partial charge in [-0.25, -0.2) is 0 Å². The molecule has 0 saturated carbocycles. The Hall–Kier alpha value is -0.565. The molecule has 1 saturated heterocycles. The number of para-hydroxylation sites is 1. The van der Waals surface area contributed by atoms with Gasteiger partial charge < -0.3 is 9.55 Å². The molecule has 1 atom stereocenters. The first-order valence-electron chi connectivity index (χ1n) is 8.06. The number of aryl methyl sites for hydroxylation is 1. The van der Waals surface area contributed by atoms with Gasteiger partial charge in [-0.3, -0.25) is 19.7 Å². The summed E-state index contributed by atoms with van der Waals surface area (Å²) in [4.78, 5) is 39.0. The molecule has 1 N–H and O–H groups in total. The first-order valence-corrected chi connectivity index (χ1v) is 8.06. The maximum absolute atomic E-state index is 12.0. The van der Waals surface area contributed by atoms with E-state index in [4.69, 9.17) is 0 Å². The third-order valence-electron chi connectivity index (χ3n) is 3.41. The standard InChI is InChI=1S/C13H13N3O3.2C2H6.Rb/c1-7-3-2-4-8-11(7)15-13(19)16(8)9-5-6-10(17)14-12(9)18;2*1-2;/h2-4,9H,5-6H2,1H3,(H2,14,15,17,18,19);2*1-2H3;/q;;;+1/p-1. The molecule has 0 aliphatic carbocycles. The Morgan fingerprint density at radius 1 is 1.12 bits per heavy atom. The van der Waals surface area contributed by atoms with E-state index >= 15 is 0 Å². The number of hydrogen-bond acceptors (Lipinski definition) is 3. The number of hydrogen-bond donors (Lipinski definition) is 1. The van der Waals surface area contributed by atoms with E-state index in [0.717, 1.165) is 5.56 Å². The molecule has 2 heterocycles. The van der Waals surface area contributed by atoms with Crippen LogP contribution in [0.4, 0.5) is 0 Å². The summed E-state index contributed by atoms with van der Waals surface area (Å²) in [5.74, 6) is -0.733. The van der Waals surface area contributed by atoms with Crippen LogP contribution >= 0.6 is 0 Å². The predicted molar refractivity (Wildman–Crippen MR) is 90.4 cm³/mol. The number of nitrogens with one attached hydrogen (secondary N) is 1. The van der Waals surface area contributed by atoms with E-state index < -0.39 is 17.6 Å². The first kappa shape index (κ1) is 23.4. The molecule has 24 heavy (non-hydrogen) atoms. The zero-order valence-electron chi connectivity index (χ0n) is 15.3. The second-order valence-corrected chi connectivity index (χ2v) is 4.67. The molecule has 1 fully saturated rings. The third kappa shape index (κ3) is 4.97. The Morgan fingerprint density at radius 2 is 1.75 bits per heavy atom. The molecule has 2 amide bonds. The molecule has 1 unspecified atom stereocenters. The third-order valence-corrected chi connectivity index (χ3v) is 3.41. The second kappa shape index (κ2) is 11.1. The van der Waals surface area contributed by atoms with Crippen LogP contribution < -0.4 is 74.2 Å². The number of nitrogens with zero attached hydrogens (tertiary/aromatic N) is 2. The molecule has 3 rings (SSSR count). The summed E-state index contributed by atoms with van der Waals surface area (Å²) in [5.41, 5.74) is 1.69. The number of carbonyl (C=O) groups is 2. The zero-order chi connectivity index (χ0) is 17.6. The summed E-state index contributed by atoms with van der Waals surface area (Å²) >= 11 is 0. The van der Waals surface area contributed by atoms with Gasteiger partial charge >= 0.3 is 58.2 Å². The largest absolute Gasteiger partial charge is 1.00 e. The van der Waals surface area contributed by atoms with Gasteiger partial charge in [0.15, 0.2) is 5.69 Å². The van der Waals surface area contributed by atoms with E-state index in [0.29, 0.717) is 17.5 Å². The van der Waals surface area contributed by atoms with Gasteiger partial charge in [-0.2, -0.15) is 0 Å². The van der Waals surface area contributed by atoms with Crippen LogP contribution in [0.15, 0.2) is 23.0 Å². The Balaban J connectivity index is 0.000000987. The first-order chi connectivity index (χ1) is 11.1. The maximum atomic E-state index is 12.0. The minimum absolute atomic E-state index is 0. The van der Waals surface area contributed by atoms with Gasteiger partial charge in [0, 0.05) is 12.5 Å². The molecule has 1 aromatic carbocycles. The van der Waals surface area contributed by atoms with Gasteiger partial charge in [0.2, 0.25) is 11.8 Å². The Bertz CT molecular complexity index is 749. The summed E-state index contributed by atoms with van der Waals surface area (Å²) in [6.45, 7) is 9.86. The number of imide groups is 1.